The molecule has 0 radical (unpaired) electrons. The molecule has 2 aromatic carbocycles. The van der Waals surface area contributed by atoms with Crippen LogP contribution in [0, 0.1) is 10.1 Å². The smallest absolute Gasteiger partial charge is 0.420 e. The third-order valence-electron chi connectivity index (χ3n) is 4.77. The van der Waals surface area contributed by atoms with E-state index in [2.05, 4.69) is 0 Å². The highest BCUT2D eigenvalue weighted by Gasteiger charge is 2.40. The lowest BCUT2D eigenvalue weighted by molar-refractivity contribution is -0.384. The Morgan fingerprint density at radius 2 is 1.64 bits per heavy atom. The summed E-state index contributed by atoms with van der Waals surface area (Å²) in [4.78, 5) is 50.2. The maximum atomic E-state index is 13.2. The highest BCUT2D eigenvalue weighted by Crippen LogP contribution is 2.22. The Balaban J connectivity index is 2.32. The zero-order valence-corrected chi connectivity index (χ0v) is 20.5. The summed E-state index contributed by atoms with van der Waals surface area (Å²) in [6, 6.07) is 12.3. The zero-order chi connectivity index (χ0) is 26.7. The summed E-state index contributed by atoms with van der Waals surface area (Å²) in [5.41, 5.74) is 5.11. The molecule has 2 N–H and O–H groups in total. The monoisotopic (exact) mass is 501 g/mol. The number of amides is 2. The molecule has 0 aliphatic rings. The Hall–Kier alpha value is -3.99. The average molecular weight is 502 g/mol. The average Bonchev–Trinajstić information content (AvgIpc) is 2.82. The quantitative estimate of drug-likeness (QED) is 0.162. The van der Waals surface area contributed by atoms with Crippen molar-refractivity contribution in [2.45, 2.75) is 58.3 Å². The Morgan fingerprint density at radius 3 is 2.19 bits per heavy atom. The summed E-state index contributed by atoms with van der Waals surface area (Å²) in [5, 5.41) is 10.9. The number of ether oxygens (including phenoxy) is 3. The molecule has 36 heavy (non-hydrogen) atoms. The molecule has 0 spiro atoms. The second-order valence-electron chi connectivity index (χ2n) is 8.86. The lowest BCUT2D eigenvalue weighted by atomic mass is 10.1. The Bertz CT molecular complexity index is 1040. The second-order valence-corrected chi connectivity index (χ2v) is 8.86. The van der Waals surface area contributed by atoms with E-state index in [1.54, 1.807) is 51.1 Å². The number of carbonyl (C=O) groups is 3. The largest absolute Gasteiger partial charge is 0.444 e. The number of benzene rings is 2. The predicted molar refractivity (Wildman–Crippen MR) is 130 cm³/mol. The van der Waals surface area contributed by atoms with Crippen LogP contribution < -0.4 is 10.5 Å². The van der Waals surface area contributed by atoms with Crippen molar-refractivity contribution in [2.75, 3.05) is 6.54 Å². The van der Waals surface area contributed by atoms with Gasteiger partial charge in [-0.3, -0.25) is 10.1 Å². The van der Waals surface area contributed by atoms with Gasteiger partial charge in [0, 0.05) is 12.1 Å². The number of imide groups is 1. The van der Waals surface area contributed by atoms with Crippen molar-refractivity contribution < 1.29 is 33.5 Å². The van der Waals surface area contributed by atoms with E-state index in [-0.39, 0.29) is 24.5 Å². The molecule has 0 saturated carbocycles. The Labute approximate surface area is 209 Å². The van der Waals surface area contributed by atoms with Gasteiger partial charge < -0.3 is 19.9 Å². The molecule has 1 atom stereocenters. The summed E-state index contributed by atoms with van der Waals surface area (Å²) in [5.74, 6) is -0.917. The molecule has 11 nitrogen and oxygen atoms in total. The van der Waals surface area contributed by atoms with Gasteiger partial charge in [0.25, 0.3) is 5.69 Å². The fourth-order valence-electron chi connectivity index (χ4n) is 3.08. The molecule has 0 aliphatic carbocycles. The molecule has 0 heterocycles. The van der Waals surface area contributed by atoms with E-state index in [0.717, 1.165) is 0 Å². The van der Waals surface area contributed by atoms with Crippen LogP contribution in [-0.4, -0.2) is 46.2 Å². The first kappa shape index (κ1) is 28.2. The van der Waals surface area contributed by atoms with Crippen molar-refractivity contribution in [3.8, 4) is 5.75 Å². The minimum absolute atomic E-state index is 0.0104. The van der Waals surface area contributed by atoms with Crippen molar-refractivity contribution >= 4 is 23.8 Å². The molecule has 0 unspecified atom stereocenters. The van der Waals surface area contributed by atoms with Gasteiger partial charge in [-0.2, -0.15) is 4.90 Å². The minimum atomic E-state index is -1.38. The highest BCUT2D eigenvalue weighted by molar-refractivity contribution is 5.94. The van der Waals surface area contributed by atoms with Crippen LogP contribution >= 0.6 is 0 Å². The molecule has 0 aromatic heterocycles. The fraction of sp³-hybridized carbons (Fsp3) is 0.400. The normalized spacial score (nSPS) is 11.8. The van der Waals surface area contributed by atoms with Gasteiger partial charge in [-0.05, 0) is 64.3 Å². The predicted octanol–water partition coefficient (Wildman–Crippen LogP) is 4.57. The van der Waals surface area contributed by atoms with E-state index < -0.39 is 34.7 Å². The van der Waals surface area contributed by atoms with Gasteiger partial charge in [-0.25, -0.2) is 14.4 Å². The van der Waals surface area contributed by atoms with E-state index in [1.807, 2.05) is 0 Å². The lowest BCUT2D eigenvalue weighted by Crippen LogP contribution is -2.51. The van der Waals surface area contributed by atoms with Crippen LogP contribution in [0.1, 0.15) is 45.6 Å². The molecule has 194 valence electrons. The first-order valence-corrected chi connectivity index (χ1v) is 11.4. The number of unbranched alkanes of at least 4 members (excludes halogenated alkanes) is 1. The van der Waals surface area contributed by atoms with E-state index in [4.69, 9.17) is 19.9 Å². The van der Waals surface area contributed by atoms with Crippen LogP contribution in [0.4, 0.5) is 15.3 Å². The Kier molecular flexibility index (Phi) is 10.4. The number of hydrogen-bond donors (Lipinski definition) is 1. The van der Waals surface area contributed by atoms with E-state index in [1.165, 1.54) is 24.3 Å². The van der Waals surface area contributed by atoms with Crippen molar-refractivity contribution in [2.24, 2.45) is 5.73 Å². The summed E-state index contributed by atoms with van der Waals surface area (Å²) in [6.45, 7) is 5.08. The first-order valence-electron chi connectivity index (χ1n) is 11.4. The third kappa shape index (κ3) is 8.99. The van der Waals surface area contributed by atoms with Crippen LogP contribution in [0.25, 0.3) is 0 Å². The van der Waals surface area contributed by atoms with Crippen LogP contribution in [-0.2, 0) is 20.9 Å². The van der Waals surface area contributed by atoms with Gasteiger partial charge >= 0.3 is 18.2 Å². The van der Waals surface area contributed by atoms with E-state index in [0.29, 0.717) is 29.8 Å². The number of nitro groups is 1. The van der Waals surface area contributed by atoms with Crippen molar-refractivity contribution in [3.05, 3.63) is 70.3 Å². The molecule has 0 fully saturated rings. The maximum absolute atomic E-state index is 13.2. The fourth-order valence-corrected chi connectivity index (χ4v) is 3.08. The number of rotatable bonds is 10. The number of nitrogens with zero attached hydrogens (tertiary/aromatic N) is 2. The number of hydrogen-bond acceptors (Lipinski definition) is 9. The number of carbonyl (C=O) groups excluding carboxylic acids is 3. The van der Waals surface area contributed by atoms with Crippen molar-refractivity contribution in [3.63, 3.8) is 0 Å². The van der Waals surface area contributed by atoms with Crippen LogP contribution in [0.5, 0.6) is 5.75 Å². The SMILES string of the molecule is CC(C)(C)OC(=O)N(C(=O)OCc1ccccc1)[C@@H](CCCCN)C(=O)Oc1ccc([N+](=O)[O-])cc1. The number of non-ortho nitro benzene ring substituents is 1. The van der Waals surface area contributed by atoms with E-state index >= 15 is 0 Å². The molecule has 0 saturated heterocycles. The van der Waals surface area contributed by atoms with Crippen LogP contribution in [0.2, 0.25) is 0 Å². The molecule has 11 heteroatoms. The molecular formula is C25H31N3O8. The van der Waals surface area contributed by atoms with Gasteiger partial charge in [0.2, 0.25) is 0 Å². The standard InChI is InChI=1S/C25H31N3O8/c1-25(2,3)36-24(31)27(23(30)34-17-18-9-5-4-6-10-18)21(11-7-8-16-26)22(29)35-20-14-12-19(13-15-20)28(32)33/h4-6,9-10,12-15,21H,7-8,11,16-17,26H2,1-3H3/t21-/m0/s1. The highest BCUT2D eigenvalue weighted by atomic mass is 16.6. The summed E-state index contributed by atoms with van der Waals surface area (Å²) in [7, 11) is 0. The van der Waals surface area contributed by atoms with Gasteiger partial charge in [-0.15, -0.1) is 0 Å². The molecule has 2 amide bonds. The molecular weight excluding hydrogens is 470 g/mol. The van der Waals surface area contributed by atoms with Gasteiger partial charge in [0.1, 0.15) is 24.0 Å². The van der Waals surface area contributed by atoms with Gasteiger partial charge in [-0.1, -0.05) is 30.3 Å². The summed E-state index contributed by atoms with van der Waals surface area (Å²) < 4.78 is 16.1. The number of nitro benzene ring substituents is 1. The van der Waals surface area contributed by atoms with Crippen LogP contribution in [0.15, 0.2) is 54.6 Å². The minimum Gasteiger partial charge on any atom is -0.444 e. The third-order valence-corrected chi connectivity index (χ3v) is 4.77. The van der Waals surface area contributed by atoms with Crippen molar-refractivity contribution in [1.29, 1.82) is 0 Å². The summed E-state index contributed by atoms with van der Waals surface area (Å²) >= 11 is 0. The molecule has 2 aromatic rings. The van der Waals surface area contributed by atoms with Gasteiger partial charge in [0.05, 0.1) is 4.92 Å². The topological polar surface area (TPSA) is 151 Å². The van der Waals surface area contributed by atoms with Crippen molar-refractivity contribution in [1.82, 2.24) is 4.90 Å². The molecule has 0 aliphatic heterocycles. The Morgan fingerprint density at radius 1 is 1.00 bits per heavy atom. The molecule has 0 bridgehead atoms. The first-order chi connectivity index (χ1) is 17.0. The molecule has 2 rings (SSSR count). The van der Waals surface area contributed by atoms with Gasteiger partial charge in [0.15, 0.2) is 0 Å². The zero-order valence-electron chi connectivity index (χ0n) is 20.5. The number of nitrogens with two attached hydrogens (primary N) is 1. The number of esters is 1. The summed E-state index contributed by atoms with van der Waals surface area (Å²) in [6.07, 6.45) is -1.17. The van der Waals surface area contributed by atoms with E-state index in [9.17, 15) is 24.5 Å². The maximum Gasteiger partial charge on any atom is 0.420 e. The van der Waals surface area contributed by atoms with Crippen LogP contribution in [0.3, 0.4) is 0 Å². The lowest BCUT2D eigenvalue weighted by Gasteiger charge is -2.30. The second kappa shape index (κ2) is 13.2.